The van der Waals surface area contributed by atoms with Crippen molar-refractivity contribution in [2.45, 2.75) is 6.04 Å². The van der Waals surface area contributed by atoms with E-state index in [0.717, 1.165) is 13.1 Å². The third kappa shape index (κ3) is 2.01. The predicted octanol–water partition coefficient (Wildman–Crippen LogP) is -0.474. The van der Waals surface area contributed by atoms with Crippen LogP contribution in [0.25, 0.3) is 0 Å². The Labute approximate surface area is 100 Å². The number of hydrogen-bond donors (Lipinski definition) is 2. The summed E-state index contributed by atoms with van der Waals surface area (Å²) in [6.07, 6.45) is 1.64. The number of nitrogens with one attached hydrogen (secondary N) is 2. The highest BCUT2D eigenvalue weighted by Gasteiger charge is 2.21. The molecule has 0 atom stereocenters. The fourth-order valence-electron chi connectivity index (χ4n) is 1.41. The Morgan fingerprint density at radius 2 is 2.41 bits per heavy atom. The van der Waals surface area contributed by atoms with E-state index in [2.05, 4.69) is 31.1 Å². The summed E-state index contributed by atoms with van der Waals surface area (Å²) in [4.78, 5) is 11.8. The maximum Gasteiger partial charge on any atom is 0.279 e. The zero-order chi connectivity index (χ0) is 11.7. The van der Waals surface area contributed by atoms with Crippen LogP contribution in [0.4, 0.5) is 5.13 Å². The van der Waals surface area contributed by atoms with E-state index in [0.29, 0.717) is 11.2 Å². The van der Waals surface area contributed by atoms with Gasteiger partial charge < -0.3 is 5.32 Å². The van der Waals surface area contributed by atoms with Crippen molar-refractivity contribution in [3.8, 4) is 0 Å². The van der Waals surface area contributed by atoms with Gasteiger partial charge in [0.05, 0.1) is 12.2 Å². The van der Waals surface area contributed by atoms with Gasteiger partial charge in [0.2, 0.25) is 5.13 Å². The Balaban J connectivity index is 1.70. The highest BCUT2D eigenvalue weighted by Crippen LogP contribution is 2.12. The van der Waals surface area contributed by atoms with Gasteiger partial charge in [0.1, 0.15) is 5.51 Å². The van der Waals surface area contributed by atoms with Crippen LogP contribution >= 0.6 is 11.3 Å². The molecule has 0 aliphatic carbocycles. The van der Waals surface area contributed by atoms with Crippen molar-refractivity contribution in [3.05, 3.63) is 17.4 Å². The van der Waals surface area contributed by atoms with Gasteiger partial charge in [-0.15, -0.1) is 15.3 Å². The van der Waals surface area contributed by atoms with E-state index in [1.807, 2.05) is 0 Å². The second kappa shape index (κ2) is 4.18. The SMILES string of the molecule is O=C(Nc1nncs1)c1cn(C2CNC2)nn1. The maximum absolute atomic E-state index is 11.8. The van der Waals surface area contributed by atoms with Crippen LogP contribution in [0.5, 0.6) is 0 Å². The smallest absolute Gasteiger partial charge is 0.279 e. The van der Waals surface area contributed by atoms with E-state index in [1.165, 1.54) is 11.3 Å². The number of amides is 1. The molecule has 17 heavy (non-hydrogen) atoms. The average molecular weight is 251 g/mol. The van der Waals surface area contributed by atoms with Gasteiger partial charge in [-0.2, -0.15) is 0 Å². The van der Waals surface area contributed by atoms with Crippen molar-refractivity contribution >= 4 is 22.4 Å². The quantitative estimate of drug-likeness (QED) is 0.765. The largest absolute Gasteiger partial charge is 0.312 e. The van der Waals surface area contributed by atoms with Crippen molar-refractivity contribution in [1.82, 2.24) is 30.5 Å². The molecule has 1 aliphatic rings. The minimum atomic E-state index is -0.319. The molecule has 2 N–H and O–H groups in total. The van der Waals surface area contributed by atoms with Gasteiger partial charge in [-0.3, -0.25) is 10.1 Å². The highest BCUT2D eigenvalue weighted by atomic mass is 32.1. The fraction of sp³-hybridized carbons (Fsp3) is 0.375. The molecule has 1 fully saturated rings. The van der Waals surface area contributed by atoms with Gasteiger partial charge in [-0.05, 0) is 0 Å². The molecule has 8 nitrogen and oxygen atoms in total. The summed E-state index contributed by atoms with van der Waals surface area (Å²) in [5.74, 6) is -0.319. The van der Waals surface area contributed by atoms with E-state index in [9.17, 15) is 4.79 Å². The molecule has 2 aromatic heterocycles. The number of anilines is 1. The standard InChI is InChI=1S/C8H9N7OS/c16-7(11-8-13-10-4-17-8)6-3-15(14-12-6)5-1-9-2-5/h3-5,9H,1-2H2,(H,11,13,16). The van der Waals surface area contributed by atoms with E-state index in [-0.39, 0.29) is 11.6 Å². The predicted molar refractivity (Wildman–Crippen MR) is 59.8 cm³/mol. The summed E-state index contributed by atoms with van der Waals surface area (Å²) in [6, 6.07) is 0.297. The van der Waals surface area contributed by atoms with Gasteiger partial charge in [0, 0.05) is 13.1 Å². The normalized spacial score (nSPS) is 15.5. The van der Waals surface area contributed by atoms with Crippen molar-refractivity contribution < 1.29 is 4.79 Å². The lowest BCUT2D eigenvalue weighted by Crippen LogP contribution is -2.43. The number of carbonyl (C=O) groups is 1. The highest BCUT2D eigenvalue weighted by molar-refractivity contribution is 7.13. The molecule has 3 rings (SSSR count). The van der Waals surface area contributed by atoms with Gasteiger partial charge in [-0.25, -0.2) is 4.68 Å². The number of rotatable bonds is 3. The molecule has 0 bridgehead atoms. The molecule has 9 heteroatoms. The molecule has 1 saturated heterocycles. The molecule has 3 heterocycles. The zero-order valence-corrected chi connectivity index (χ0v) is 9.52. The topological polar surface area (TPSA) is 97.6 Å². The summed E-state index contributed by atoms with van der Waals surface area (Å²) >= 11 is 1.26. The molecule has 0 aromatic carbocycles. The monoisotopic (exact) mass is 251 g/mol. The zero-order valence-electron chi connectivity index (χ0n) is 8.70. The van der Waals surface area contributed by atoms with Gasteiger partial charge >= 0.3 is 0 Å². The summed E-state index contributed by atoms with van der Waals surface area (Å²) in [5, 5.41) is 21.3. The lowest BCUT2D eigenvalue weighted by atomic mass is 10.2. The molecule has 2 aromatic rings. The third-order valence-corrected chi connectivity index (χ3v) is 3.06. The van der Waals surface area contributed by atoms with Crippen LogP contribution in [0.2, 0.25) is 0 Å². The molecular weight excluding hydrogens is 242 g/mol. The van der Waals surface area contributed by atoms with Crippen LogP contribution in [0.3, 0.4) is 0 Å². The van der Waals surface area contributed by atoms with Crippen LogP contribution in [-0.2, 0) is 0 Å². The Morgan fingerprint density at radius 1 is 1.53 bits per heavy atom. The average Bonchev–Trinajstić information content (AvgIpc) is 2.85. The van der Waals surface area contributed by atoms with E-state index in [1.54, 1.807) is 16.4 Å². The van der Waals surface area contributed by atoms with E-state index >= 15 is 0 Å². The Hall–Kier alpha value is -1.87. The van der Waals surface area contributed by atoms with Gasteiger partial charge in [0.25, 0.3) is 5.91 Å². The Bertz CT molecular complexity index is 518. The molecule has 1 aliphatic heterocycles. The minimum absolute atomic E-state index is 0.284. The van der Waals surface area contributed by atoms with Crippen molar-refractivity contribution in [2.24, 2.45) is 0 Å². The molecular formula is C8H9N7OS. The number of carbonyl (C=O) groups excluding carboxylic acids is 1. The van der Waals surface area contributed by atoms with Crippen molar-refractivity contribution in [2.75, 3.05) is 18.4 Å². The number of aromatic nitrogens is 5. The number of hydrogen-bond acceptors (Lipinski definition) is 7. The van der Waals surface area contributed by atoms with Crippen molar-refractivity contribution in [3.63, 3.8) is 0 Å². The third-order valence-electron chi connectivity index (χ3n) is 2.46. The number of nitrogens with zero attached hydrogens (tertiary/aromatic N) is 5. The van der Waals surface area contributed by atoms with Crippen molar-refractivity contribution in [1.29, 1.82) is 0 Å². The molecule has 0 spiro atoms. The first-order chi connectivity index (χ1) is 8.33. The Morgan fingerprint density at radius 3 is 3.06 bits per heavy atom. The summed E-state index contributed by atoms with van der Waals surface area (Å²) < 4.78 is 1.70. The molecule has 1 amide bonds. The first-order valence-electron chi connectivity index (χ1n) is 5.03. The maximum atomic E-state index is 11.8. The first kappa shape index (κ1) is 10.3. The van der Waals surface area contributed by atoms with Gasteiger partial charge in [0.15, 0.2) is 5.69 Å². The van der Waals surface area contributed by atoms with Gasteiger partial charge in [-0.1, -0.05) is 16.6 Å². The summed E-state index contributed by atoms with van der Waals surface area (Å²) in [7, 11) is 0. The molecule has 88 valence electrons. The Kier molecular flexibility index (Phi) is 2.53. The minimum Gasteiger partial charge on any atom is -0.312 e. The van der Waals surface area contributed by atoms with E-state index < -0.39 is 0 Å². The lowest BCUT2D eigenvalue weighted by molar-refractivity contribution is 0.102. The molecule has 0 radical (unpaired) electrons. The first-order valence-corrected chi connectivity index (χ1v) is 5.91. The second-order valence-corrected chi connectivity index (χ2v) is 4.43. The van der Waals surface area contributed by atoms with E-state index in [4.69, 9.17) is 0 Å². The summed E-state index contributed by atoms with van der Waals surface area (Å²) in [5.41, 5.74) is 1.83. The van der Waals surface area contributed by atoms with Crippen LogP contribution in [-0.4, -0.2) is 44.2 Å². The molecule has 0 unspecified atom stereocenters. The summed E-state index contributed by atoms with van der Waals surface area (Å²) in [6.45, 7) is 1.72. The van der Waals surface area contributed by atoms with Crippen LogP contribution in [0.15, 0.2) is 11.7 Å². The van der Waals surface area contributed by atoms with Crippen LogP contribution < -0.4 is 10.6 Å². The lowest BCUT2D eigenvalue weighted by Gasteiger charge is -2.26. The molecule has 0 saturated carbocycles. The van der Waals surface area contributed by atoms with Crippen LogP contribution in [0.1, 0.15) is 16.5 Å². The van der Waals surface area contributed by atoms with Crippen LogP contribution in [0, 0.1) is 0 Å². The second-order valence-electron chi connectivity index (χ2n) is 3.59. The fourth-order valence-corrected chi connectivity index (χ4v) is 1.85.